The summed E-state index contributed by atoms with van der Waals surface area (Å²) < 4.78 is 0.794. The van der Waals surface area contributed by atoms with Crippen molar-refractivity contribution in [1.29, 1.82) is 0 Å². The van der Waals surface area contributed by atoms with Gasteiger partial charge in [0, 0.05) is 23.4 Å². The van der Waals surface area contributed by atoms with Gasteiger partial charge in [-0.25, -0.2) is 9.78 Å². The molecule has 0 aliphatic rings. The van der Waals surface area contributed by atoms with E-state index in [1.807, 2.05) is 0 Å². The summed E-state index contributed by atoms with van der Waals surface area (Å²) in [5.74, 6) is -1.26. The number of carbonyl (C=O) groups excluding carboxylic acids is 1. The predicted molar refractivity (Wildman–Crippen MR) is 78.1 cm³/mol. The van der Waals surface area contributed by atoms with Crippen LogP contribution in [-0.2, 0) is 0 Å². The highest BCUT2D eigenvalue weighted by atomic mass is 79.9. The monoisotopic (exact) mass is 334 g/mol. The second kappa shape index (κ2) is 5.83. The third-order valence-corrected chi connectivity index (χ3v) is 3.22. The molecule has 1 heterocycles. The van der Waals surface area contributed by atoms with Crippen molar-refractivity contribution in [2.45, 2.75) is 0 Å². The molecule has 1 aromatic carbocycles. The third-order valence-electron chi connectivity index (χ3n) is 2.75. The first-order valence-electron chi connectivity index (χ1n) is 5.72. The summed E-state index contributed by atoms with van der Waals surface area (Å²) in [4.78, 5) is 28.4. The van der Waals surface area contributed by atoms with E-state index in [1.165, 1.54) is 17.0 Å². The first kappa shape index (κ1) is 14.2. The molecule has 2 aromatic rings. The SMILES string of the molecule is CN(C(=O)c1ccc(Br)cn1)c1ccc(C(=O)O)cc1. The van der Waals surface area contributed by atoms with E-state index < -0.39 is 5.97 Å². The van der Waals surface area contributed by atoms with Crippen LogP contribution < -0.4 is 4.90 Å². The summed E-state index contributed by atoms with van der Waals surface area (Å²) >= 11 is 3.26. The number of amides is 1. The van der Waals surface area contributed by atoms with Gasteiger partial charge < -0.3 is 10.0 Å². The highest BCUT2D eigenvalue weighted by molar-refractivity contribution is 9.10. The molecular weight excluding hydrogens is 324 g/mol. The van der Waals surface area contributed by atoms with E-state index in [4.69, 9.17) is 5.11 Å². The van der Waals surface area contributed by atoms with Crippen molar-refractivity contribution < 1.29 is 14.7 Å². The quantitative estimate of drug-likeness (QED) is 0.936. The van der Waals surface area contributed by atoms with Crippen LogP contribution >= 0.6 is 15.9 Å². The number of pyridine rings is 1. The number of nitrogens with zero attached hydrogens (tertiary/aromatic N) is 2. The van der Waals surface area contributed by atoms with Crippen LogP contribution in [0.4, 0.5) is 5.69 Å². The molecule has 2 rings (SSSR count). The Morgan fingerprint density at radius 1 is 1.15 bits per heavy atom. The van der Waals surface area contributed by atoms with E-state index in [-0.39, 0.29) is 11.5 Å². The van der Waals surface area contributed by atoms with Gasteiger partial charge in [-0.1, -0.05) is 0 Å². The van der Waals surface area contributed by atoms with Crippen LogP contribution in [0.25, 0.3) is 0 Å². The maximum Gasteiger partial charge on any atom is 0.335 e. The molecule has 0 aliphatic carbocycles. The molecule has 0 saturated carbocycles. The summed E-state index contributed by atoms with van der Waals surface area (Å²) in [5, 5.41) is 8.83. The average Bonchev–Trinajstić information content (AvgIpc) is 2.46. The molecule has 0 saturated heterocycles. The zero-order valence-corrected chi connectivity index (χ0v) is 12.2. The van der Waals surface area contributed by atoms with Crippen molar-refractivity contribution in [2.24, 2.45) is 0 Å². The molecule has 0 atom stereocenters. The third kappa shape index (κ3) is 3.03. The number of carboxylic acids is 1. The highest BCUT2D eigenvalue weighted by Gasteiger charge is 2.15. The Morgan fingerprint density at radius 3 is 2.30 bits per heavy atom. The van der Waals surface area contributed by atoms with Crippen LogP contribution in [0.15, 0.2) is 47.1 Å². The second-order valence-electron chi connectivity index (χ2n) is 4.08. The van der Waals surface area contributed by atoms with E-state index >= 15 is 0 Å². The molecule has 5 nitrogen and oxygen atoms in total. The molecule has 1 aromatic heterocycles. The van der Waals surface area contributed by atoms with Crippen molar-refractivity contribution in [2.75, 3.05) is 11.9 Å². The lowest BCUT2D eigenvalue weighted by molar-refractivity contribution is 0.0696. The molecule has 0 radical (unpaired) electrons. The van der Waals surface area contributed by atoms with Gasteiger partial charge in [-0.2, -0.15) is 0 Å². The van der Waals surface area contributed by atoms with E-state index in [1.54, 1.807) is 37.5 Å². The van der Waals surface area contributed by atoms with E-state index in [9.17, 15) is 9.59 Å². The Labute approximate surface area is 124 Å². The molecule has 1 amide bonds. The lowest BCUT2D eigenvalue weighted by Gasteiger charge is -2.17. The number of anilines is 1. The zero-order chi connectivity index (χ0) is 14.7. The molecular formula is C14H11BrN2O3. The number of benzene rings is 1. The van der Waals surface area contributed by atoms with Crippen molar-refractivity contribution in [3.8, 4) is 0 Å². The fourth-order valence-electron chi connectivity index (χ4n) is 1.62. The number of rotatable bonds is 3. The van der Waals surface area contributed by atoms with Crippen LogP contribution in [0.3, 0.4) is 0 Å². The molecule has 20 heavy (non-hydrogen) atoms. The van der Waals surface area contributed by atoms with Crippen molar-refractivity contribution in [3.63, 3.8) is 0 Å². The molecule has 0 unspecified atom stereocenters. The van der Waals surface area contributed by atoms with Crippen LogP contribution in [0.1, 0.15) is 20.8 Å². The Hall–Kier alpha value is -2.21. The van der Waals surface area contributed by atoms with Gasteiger partial charge in [0.15, 0.2) is 0 Å². The molecule has 1 N–H and O–H groups in total. The maximum atomic E-state index is 12.2. The number of carboxylic acid groups (broad SMARTS) is 1. The van der Waals surface area contributed by atoms with Crippen LogP contribution in [0.5, 0.6) is 0 Å². The number of halogens is 1. The Kier molecular flexibility index (Phi) is 4.14. The first-order chi connectivity index (χ1) is 9.49. The van der Waals surface area contributed by atoms with Crippen molar-refractivity contribution in [1.82, 2.24) is 4.98 Å². The molecule has 0 spiro atoms. The number of hydrogen-bond acceptors (Lipinski definition) is 3. The molecule has 0 fully saturated rings. The summed E-state index contributed by atoms with van der Waals surface area (Å²) in [5.41, 5.74) is 1.10. The van der Waals surface area contributed by atoms with Crippen molar-refractivity contribution in [3.05, 3.63) is 58.3 Å². The Balaban J connectivity index is 2.22. The van der Waals surface area contributed by atoms with Gasteiger partial charge in [0.2, 0.25) is 0 Å². The zero-order valence-electron chi connectivity index (χ0n) is 10.6. The largest absolute Gasteiger partial charge is 0.478 e. The maximum absolute atomic E-state index is 12.2. The number of aromatic nitrogens is 1. The summed E-state index contributed by atoms with van der Waals surface area (Å²) in [6, 6.07) is 9.43. The highest BCUT2D eigenvalue weighted by Crippen LogP contribution is 2.17. The summed E-state index contributed by atoms with van der Waals surface area (Å²) in [6.45, 7) is 0. The molecule has 6 heteroatoms. The minimum Gasteiger partial charge on any atom is -0.478 e. The van der Waals surface area contributed by atoms with Crippen molar-refractivity contribution >= 4 is 33.5 Å². The summed E-state index contributed by atoms with van der Waals surface area (Å²) in [7, 11) is 1.61. The molecule has 0 aliphatic heterocycles. The second-order valence-corrected chi connectivity index (χ2v) is 4.99. The predicted octanol–water partition coefficient (Wildman–Crippen LogP) is 2.82. The van der Waals surface area contributed by atoms with E-state index in [0.717, 1.165) is 4.47 Å². The number of carbonyl (C=O) groups is 2. The van der Waals surface area contributed by atoms with Gasteiger partial charge in [-0.15, -0.1) is 0 Å². The van der Waals surface area contributed by atoms with E-state index in [0.29, 0.717) is 11.4 Å². The fraction of sp³-hybridized carbons (Fsp3) is 0.0714. The normalized spacial score (nSPS) is 10.1. The van der Waals surface area contributed by atoms with Gasteiger partial charge in [-0.05, 0) is 52.3 Å². The first-order valence-corrected chi connectivity index (χ1v) is 6.51. The lowest BCUT2D eigenvalue weighted by Crippen LogP contribution is -2.27. The van der Waals surface area contributed by atoms with Gasteiger partial charge in [0.1, 0.15) is 5.69 Å². The minimum absolute atomic E-state index is 0.177. The van der Waals surface area contributed by atoms with Gasteiger partial charge >= 0.3 is 5.97 Å². The topological polar surface area (TPSA) is 70.5 Å². The van der Waals surface area contributed by atoms with Gasteiger partial charge in [0.05, 0.1) is 5.56 Å². The van der Waals surface area contributed by atoms with Crippen LogP contribution in [0.2, 0.25) is 0 Å². The van der Waals surface area contributed by atoms with Crippen LogP contribution in [-0.4, -0.2) is 29.0 Å². The minimum atomic E-state index is -1.000. The Bertz CT molecular complexity index is 638. The van der Waals surface area contributed by atoms with Crippen LogP contribution in [0, 0.1) is 0 Å². The smallest absolute Gasteiger partial charge is 0.335 e. The van der Waals surface area contributed by atoms with E-state index in [2.05, 4.69) is 20.9 Å². The average molecular weight is 335 g/mol. The molecule has 102 valence electrons. The van der Waals surface area contributed by atoms with Gasteiger partial charge in [0.25, 0.3) is 5.91 Å². The fourth-order valence-corrected chi connectivity index (χ4v) is 1.85. The number of hydrogen-bond donors (Lipinski definition) is 1. The Morgan fingerprint density at radius 2 is 1.80 bits per heavy atom. The lowest BCUT2D eigenvalue weighted by atomic mass is 10.2. The van der Waals surface area contributed by atoms with Gasteiger partial charge in [-0.3, -0.25) is 4.79 Å². The number of aromatic carboxylic acids is 1. The summed E-state index contributed by atoms with van der Waals surface area (Å²) in [6.07, 6.45) is 1.55. The standard InChI is InChI=1S/C14H11BrN2O3/c1-17(11-5-2-9(3-6-11)14(19)20)13(18)12-7-4-10(15)8-16-12/h2-8H,1H3,(H,19,20). The molecule has 0 bridgehead atoms.